The van der Waals surface area contributed by atoms with E-state index in [9.17, 15) is 13.8 Å². The molecule has 0 heterocycles. The van der Waals surface area contributed by atoms with E-state index < -0.39 is 10.8 Å². The van der Waals surface area contributed by atoms with Crippen LogP contribution in [0, 0.1) is 28.6 Å². The first-order valence-electron chi connectivity index (χ1n) is 13.1. The van der Waals surface area contributed by atoms with E-state index >= 15 is 0 Å². The number of esters is 2. The lowest BCUT2D eigenvalue weighted by atomic mass is 9.48. The highest BCUT2D eigenvalue weighted by molar-refractivity contribution is 7.85. The Morgan fingerprint density at radius 2 is 1.63 bits per heavy atom. The van der Waals surface area contributed by atoms with E-state index in [1.807, 2.05) is 30.3 Å². The van der Waals surface area contributed by atoms with Gasteiger partial charge in [0.15, 0.2) is 0 Å². The van der Waals surface area contributed by atoms with Crippen molar-refractivity contribution in [2.75, 3.05) is 0 Å². The Labute approximate surface area is 211 Å². The first kappa shape index (κ1) is 24.7. The number of fused-ring (bicyclic) bond motifs is 5. The summed E-state index contributed by atoms with van der Waals surface area (Å²) in [5.41, 5.74) is 1.27. The van der Waals surface area contributed by atoms with Gasteiger partial charge in [-0.25, -0.2) is 0 Å². The van der Waals surface area contributed by atoms with Crippen LogP contribution in [0.4, 0.5) is 0 Å². The predicted octanol–water partition coefficient (Wildman–Crippen LogP) is 5.60. The Hall–Kier alpha value is -1.95. The van der Waals surface area contributed by atoms with Gasteiger partial charge in [-0.05, 0) is 73.8 Å². The molecule has 5 unspecified atom stereocenters. The van der Waals surface area contributed by atoms with Crippen LogP contribution in [0.15, 0.2) is 46.9 Å². The molecule has 6 heteroatoms. The molecule has 1 aromatic rings. The molecule has 190 valence electrons. The van der Waals surface area contributed by atoms with E-state index in [1.165, 1.54) is 19.4 Å². The second-order valence-corrected chi connectivity index (χ2v) is 13.3. The lowest BCUT2D eigenvalue weighted by molar-refractivity contribution is -0.156. The van der Waals surface area contributed by atoms with Crippen molar-refractivity contribution in [1.82, 2.24) is 0 Å². The van der Waals surface area contributed by atoms with Gasteiger partial charge in [0.25, 0.3) is 0 Å². The average Bonchev–Trinajstić information content (AvgIpc) is 3.14. The highest BCUT2D eigenvalue weighted by Gasteiger charge is 2.62. The predicted molar refractivity (Wildman–Crippen MR) is 135 cm³/mol. The minimum absolute atomic E-state index is 0.0273. The Morgan fingerprint density at radius 1 is 0.914 bits per heavy atom. The molecule has 4 aliphatic rings. The van der Waals surface area contributed by atoms with E-state index in [2.05, 4.69) is 19.9 Å². The minimum Gasteiger partial charge on any atom is -0.462 e. The first-order valence-corrected chi connectivity index (χ1v) is 14.4. The van der Waals surface area contributed by atoms with Crippen molar-refractivity contribution in [2.24, 2.45) is 28.6 Å². The molecule has 0 N–H and O–H groups in total. The molecule has 0 bridgehead atoms. The van der Waals surface area contributed by atoms with Crippen LogP contribution in [0.1, 0.15) is 72.6 Å². The summed E-state index contributed by atoms with van der Waals surface area (Å²) in [5.74, 6) is 0.629. The van der Waals surface area contributed by atoms with Crippen molar-refractivity contribution in [2.45, 2.75) is 95.0 Å². The zero-order chi connectivity index (χ0) is 25.0. The Bertz CT molecular complexity index is 1050. The fraction of sp³-hybridized carbons (Fsp3) is 0.655. The molecule has 5 nitrogen and oxygen atoms in total. The highest BCUT2D eigenvalue weighted by atomic mass is 32.2. The summed E-state index contributed by atoms with van der Waals surface area (Å²) in [6, 6.07) is 9.82. The topological polar surface area (TPSA) is 69.7 Å². The smallest absolute Gasteiger partial charge is 0.302 e. The van der Waals surface area contributed by atoms with Crippen molar-refractivity contribution in [1.29, 1.82) is 0 Å². The molecular formula is C29H38O5S. The highest BCUT2D eigenvalue weighted by Crippen LogP contribution is 2.66. The zero-order valence-electron chi connectivity index (χ0n) is 21.3. The number of ether oxygens (including phenoxy) is 2. The summed E-state index contributed by atoms with van der Waals surface area (Å²) in [6.07, 6.45) is 8.72. The number of carbonyl (C=O) groups is 2. The van der Waals surface area contributed by atoms with Gasteiger partial charge < -0.3 is 9.47 Å². The Balaban J connectivity index is 1.56. The van der Waals surface area contributed by atoms with Crippen LogP contribution in [-0.4, -0.2) is 33.6 Å². The lowest BCUT2D eigenvalue weighted by Crippen LogP contribution is -2.56. The van der Waals surface area contributed by atoms with Crippen molar-refractivity contribution in [3.05, 3.63) is 42.0 Å². The number of carbonyl (C=O) groups excluding carboxylic acids is 2. The second-order valence-electron chi connectivity index (χ2n) is 11.7. The lowest BCUT2D eigenvalue weighted by Gasteiger charge is -2.59. The fourth-order valence-corrected chi connectivity index (χ4v) is 9.88. The SMILES string of the molecule is CC(=O)O[C@H]1CC[C@@]2(C)C(=CC(S(=O)c3ccccc3)C3C2CC[C@@]2(C)C3CC[C@@H]2OC(C)=O)C1. The molecule has 9 atom stereocenters. The third kappa shape index (κ3) is 4.20. The molecule has 0 aromatic heterocycles. The molecule has 0 saturated heterocycles. The average molecular weight is 499 g/mol. The molecule has 5 rings (SSSR count). The standard InChI is InChI=1S/C29H38O5S/c1-18(30)33-21-12-14-28(3)20(16-21)17-25(35(32)22-8-6-5-7-9-22)27-23-10-11-26(34-19(2)31)29(23,4)15-13-24(27)28/h5-9,17,21,23-27H,10-16H2,1-4H3/t21-,23?,24?,25?,26-,27?,28-,29-,35?/m0/s1. The van der Waals surface area contributed by atoms with Crippen LogP contribution >= 0.6 is 0 Å². The number of hydrogen-bond donors (Lipinski definition) is 0. The third-order valence-corrected chi connectivity index (χ3v) is 11.5. The summed E-state index contributed by atoms with van der Waals surface area (Å²) in [5, 5.41) is -0.0951. The van der Waals surface area contributed by atoms with E-state index in [1.54, 1.807) is 0 Å². The van der Waals surface area contributed by atoms with Gasteiger partial charge in [-0.1, -0.05) is 43.7 Å². The zero-order valence-corrected chi connectivity index (χ0v) is 22.1. The van der Waals surface area contributed by atoms with Crippen molar-refractivity contribution in [3.8, 4) is 0 Å². The normalized spacial score (nSPS) is 41.0. The monoisotopic (exact) mass is 498 g/mol. The Kier molecular flexibility index (Phi) is 6.48. The summed E-state index contributed by atoms with van der Waals surface area (Å²) in [6.45, 7) is 7.68. The summed E-state index contributed by atoms with van der Waals surface area (Å²) in [7, 11) is -1.19. The van der Waals surface area contributed by atoms with Gasteiger partial charge in [-0.15, -0.1) is 0 Å². The molecule has 0 aliphatic heterocycles. The molecule has 0 radical (unpaired) electrons. The maximum absolute atomic E-state index is 14.1. The maximum Gasteiger partial charge on any atom is 0.302 e. The quantitative estimate of drug-likeness (QED) is 0.399. The number of benzene rings is 1. The van der Waals surface area contributed by atoms with Gasteiger partial charge in [0, 0.05) is 30.6 Å². The Morgan fingerprint density at radius 3 is 2.31 bits per heavy atom. The summed E-state index contributed by atoms with van der Waals surface area (Å²) in [4.78, 5) is 24.4. The second kappa shape index (κ2) is 9.17. The van der Waals surface area contributed by atoms with Gasteiger partial charge in [-0.3, -0.25) is 13.8 Å². The van der Waals surface area contributed by atoms with Crippen LogP contribution in [0.3, 0.4) is 0 Å². The van der Waals surface area contributed by atoms with E-state index in [0.717, 1.165) is 49.8 Å². The molecule has 4 aliphatic carbocycles. The largest absolute Gasteiger partial charge is 0.462 e. The van der Waals surface area contributed by atoms with Gasteiger partial charge in [-0.2, -0.15) is 0 Å². The molecule has 0 spiro atoms. The van der Waals surface area contributed by atoms with Crippen LogP contribution in [0.5, 0.6) is 0 Å². The molecule has 0 amide bonds. The first-order chi connectivity index (χ1) is 16.6. The molecule has 3 fully saturated rings. The maximum atomic E-state index is 14.1. The van der Waals surface area contributed by atoms with Gasteiger partial charge in [0.2, 0.25) is 0 Å². The molecule has 1 aromatic carbocycles. The van der Waals surface area contributed by atoms with E-state index in [0.29, 0.717) is 11.8 Å². The number of hydrogen-bond acceptors (Lipinski definition) is 5. The molecule has 3 saturated carbocycles. The fourth-order valence-electron chi connectivity index (χ4n) is 8.19. The van der Waals surface area contributed by atoms with E-state index in [4.69, 9.17) is 9.47 Å². The van der Waals surface area contributed by atoms with Crippen molar-refractivity contribution >= 4 is 22.7 Å². The molecule has 35 heavy (non-hydrogen) atoms. The summed E-state index contributed by atoms with van der Waals surface area (Å²) >= 11 is 0. The van der Waals surface area contributed by atoms with Crippen molar-refractivity contribution in [3.63, 3.8) is 0 Å². The van der Waals surface area contributed by atoms with E-state index in [-0.39, 0.29) is 46.1 Å². The third-order valence-electron chi connectivity index (χ3n) is 9.84. The van der Waals surface area contributed by atoms with Crippen LogP contribution in [-0.2, 0) is 29.9 Å². The van der Waals surface area contributed by atoms with Gasteiger partial charge in [0.05, 0.1) is 16.0 Å². The van der Waals surface area contributed by atoms with Gasteiger partial charge >= 0.3 is 11.9 Å². The van der Waals surface area contributed by atoms with Gasteiger partial charge in [0.1, 0.15) is 12.2 Å². The van der Waals surface area contributed by atoms with Crippen molar-refractivity contribution < 1.29 is 23.3 Å². The molecular weight excluding hydrogens is 460 g/mol. The van der Waals surface area contributed by atoms with Crippen LogP contribution in [0.2, 0.25) is 0 Å². The van der Waals surface area contributed by atoms with Crippen LogP contribution in [0.25, 0.3) is 0 Å². The van der Waals surface area contributed by atoms with Crippen LogP contribution < -0.4 is 0 Å². The minimum atomic E-state index is -1.19. The summed E-state index contributed by atoms with van der Waals surface area (Å²) < 4.78 is 25.6. The number of rotatable bonds is 4.